The molecule has 86 valence electrons. The van der Waals surface area contributed by atoms with Gasteiger partial charge in [-0.3, -0.25) is 0 Å². The van der Waals surface area contributed by atoms with Gasteiger partial charge in [-0.2, -0.15) is 0 Å². The first-order valence-corrected chi connectivity index (χ1v) is 6.16. The fraction of sp³-hybridized carbons (Fsp3) is 1.00. The van der Waals surface area contributed by atoms with E-state index in [0.29, 0.717) is 11.5 Å². The summed E-state index contributed by atoms with van der Waals surface area (Å²) >= 11 is 6.25. The molecule has 0 aliphatic carbocycles. The van der Waals surface area contributed by atoms with Crippen molar-refractivity contribution < 1.29 is 0 Å². The van der Waals surface area contributed by atoms with Crippen LogP contribution in [0.4, 0.5) is 0 Å². The second-order valence-electron chi connectivity index (χ2n) is 5.46. The monoisotopic (exact) mass is 219 g/mol. The summed E-state index contributed by atoms with van der Waals surface area (Å²) in [7, 11) is 0. The molecule has 2 unspecified atom stereocenters. The molecule has 0 amide bonds. The Balaban J connectivity index is 3.58. The smallest absolute Gasteiger partial charge is 0.0465 e. The highest BCUT2D eigenvalue weighted by Crippen LogP contribution is 2.23. The van der Waals surface area contributed by atoms with E-state index in [-0.39, 0.29) is 5.38 Å². The predicted molar refractivity (Wildman–Crippen MR) is 66.1 cm³/mol. The van der Waals surface area contributed by atoms with E-state index in [9.17, 15) is 0 Å². The largest absolute Gasteiger partial charge is 0.313 e. The third kappa shape index (κ3) is 8.83. The Morgan fingerprint density at radius 1 is 1.29 bits per heavy atom. The highest BCUT2D eigenvalue weighted by atomic mass is 35.5. The summed E-state index contributed by atoms with van der Waals surface area (Å²) in [6, 6.07) is 0.598. The Hall–Kier alpha value is 0.250. The van der Waals surface area contributed by atoms with Gasteiger partial charge in [0.05, 0.1) is 0 Å². The standard InChI is InChI=1S/C12H26ClN/c1-6-7-10(2)14-9-11(13)8-12(3,4)5/h10-11,14H,6-9H2,1-5H3. The second-order valence-corrected chi connectivity index (χ2v) is 6.08. The lowest BCUT2D eigenvalue weighted by molar-refractivity contribution is 0.358. The van der Waals surface area contributed by atoms with Gasteiger partial charge in [-0.1, -0.05) is 34.1 Å². The van der Waals surface area contributed by atoms with E-state index in [4.69, 9.17) is 11.6 Å². The van der Waals surface area contributed by atoms with Crippen LogP contribution < -0.4 is 5.32 Å². The molecule has 0 aromatic carbocycles. The lowest BCUT2D eigenvalue weighted by Crippen LogP contribution is -2.33. The maximum Gasteiger partial charge on any atom is 0.0465 e. The average Bonchev–Trinajstić information content (AvgIpc) is 1.98. The van der Waals surface area contributed by atoms with E-state index in [2.05, 4.69) is 39.9 Å². The van der Waals surface area contributed by atoms with Crippen molar-refractivity contribution in [3.63, 3.8) is 0 Å². The van der Waals surface area contributed by atoms with Crippen LogP contribution in [-0.4, -0.2) is 18.0 Å². The highest BCUT2D eigenvalue weighted by Gasteiger charge is 2.16. The molecule has 1 N–H and O–H groups in total. The fourth-order valence-corrected chi connectivity index (χ4v) is 2.15. The van der Waals surface area contributed by atoms with Crippen molar-refractivity contribution >= 4 is 11.6 Å². The quantitative estimate of drug-likeness (QED) is 0.670. The first-order chi connectivity index (χ1) is 6.35. The zero-order chi connectivity index (χ0) is 11.2. The first kappa shape index (κ1) is 14.2. The number of hydrogen-bond donors (Lipinski definition) is 1. The van der Waals surface area contributed by atoms with Gasteiger partial charge in [-0.05, 0) is 25.2 Å². The number of nitrogens with one attached hydrogen (secondary N) is 1. The lowest BCUT2D eigenvalue weighted by atomic mass is 9.90. The van der Waals surface area contributed by atoms with Crippen molar-refractivity contribution in [1.29, 1.82) is 0 Å². The Morgan fingerprint density at radius 2 is 1.86 bits per heavy atom. The van der Waals surface area contributed by atoms with Gasteiger partial charge in [-0.25, -0.2) is 0 Å². The van der Waals surface area contributed by atoms with Crippen LogP contribution in [0.15, 0.2) is 0 Å². The molecule has 0 fully saturated rings. The van der Waals surface area contributed by atoms with Gasteiger partial charge in [-0.15, -0.1) is 11.6 Å². The van der Waals surface area contributed by atoms with E-state index < -0.39 is 0 Å². The van der Waals surface area contributed by atoms with Gasteiger partial charge in [0.2, 0.25) is 0 Å². The van der Waals surface area contributed by atoms with Gasteiger partial charge >= 0.3 is 0 Å². The molecule has 0 spiro atoms. The number of hydrogen-bond acceptors (Lipinski definition) is 1. The summed E-state index contributed by atoms with van der Waals surface area (Å²) < 4.78 is 0. The molecule has 1 nitrogen and oxygen atoms in total. The summed E-state index contributed by atoms with van der Waals surface area (Å²) in [6.45, 7) is 12.1. The third-order valence-electron chi connectivity index (χ3n) is 2.24. The van der Waals surface area contributed by atoms with Crippen LogP contribution in [0.2, 0.25) is 0 Å². The molecular weight excluding hydrogens is 194 g/mol. The number of halogens is 1. The summed E-state index contributed by atoms with van der Waals surface area (Å²) in [5.74, 6) is 0. The molecule has 0 heterocycles. The first-order valence-electron chi connectivity index (χ1n) is 5.72. The van der Waals surface area contributed by atoms with Crippen molar-refractivity contribution in [2.45, 2.75) is 65.3 Å². The molecule has 0 aromatic heterocycles. The molecule has 0 aliphatic heterocycles. The number of rotatable bonds is 6. The minimum Gasteiger partial charge on any atom is -0.313 e. The predicted octanol–water partition coefficient (Wildman–Crippen LogP) is 3.81. The van der Waals surface area contributed by atoms with E-state index in [1.54, 1.807) is 0 Å². The van der Waals surface area contributed by atoms with Crippen molar-refractivity contribution in [2.75, 3.05) is 6.54 Å². The molecule has 2 atom stereocenters. The Morgan fingerprint density at radius 3 is 2.29 bits per heavy atom. The maximum atomic E-state index is 6.25. The van der Waals surface area contributed by atoms with E-state index in [1.165, 1.54) is 12.8 Å². The average molecular weight is 220 g/mol. The van der Waals surface area contributed by atoms with Gasteiger partial charge in [0.1, 0.15) is 0 Å². The molecule has 0 rings (SSSR count). The molecule has 0 aromatic rings. The molecule has 0 saturated heterocycles. The van der Waals surface area contributed by atoms with Gasteiger partial charge < -0.3 is 5.32 Å². The topological polar surface area (TPSA) is 12.0 Å². The van der Waals surface area contributed by atoms with E-state index in [1.807, 2.05) is 0 Å². The van der Waals surface area contributed by atoms with Crippen LogP contribution in [0, 0.1) is 5.41 Å². The molecular formula is C12H26ClN. The zero-order valence-corrected chi connectivity index (χ0v) is 11.1. The van der Waals surface area contributed by atoms with Crippen LogP contribution in [0.1, 0.15) is 53.9 Å². The third-order valence-corrected chi connectivity index (χ3v) is 2.55. The van der Waals surface area contributed by atoms with Crippen molar-refractivity contribution in [2.24, 2.45) is 5.41 Å². The molecule has 0 radical (unpaired) electrons. The van der Waals surface area contributed by atoms with Crippen molar-refractivity contribution in [3.05, 3.63) is 0 Å². The van der Waals surface area contributed by atoms with E-state index >= 15 is 0 Å². The second kappa shape index (κ2) is 6.68. The van der Waals surface area contributed by atoms with Crippen LogP contribution in [-0.2, 0) is 0 Å². The minimum atomic E-state index is 0.259. The summed E-state index contributed by atoms with van der Waals surface area (Å²) in [6.07, 6.45) is 3.54. The maximum absolute atomic E-state index is 6.25. The summed E-state index contributed by atoms with van der Waals surface area (Å²) in [5.41, 5.74) is 0.335. The van der Waals surface area contributed by atoms with Crippen LogP contribution >= 0.6 is 11.6 Å². The van der Waals surface area contributed by atoms with Gasteiger partial charge in [0.15, 0.2) is 0 Å². The fourth-order valence-electron chi connectivity index (χ4n) is 1.60. The normalized spacial score (nSPS) is 16.7. The molecule has 2 heteroatoms. The SMILES string of the molecule is CCCC(C)NCC(Cl)CC(C)(C)C. The van der Waals surface area contributed by atoms with Gasteiger partial charge in [0.25, 0.3) is 0 Å². The van der Waals surface area contributed by atoms with Crippen LogP contribution in [0.3, 0.4) is 0 Å². The Labute approximate surface area is 94.6 Å². The van der Waals surface area contributed by atoms with E-state index in [0.717, 1.165) is 13.0 Å². The summed E-state index contributed by atoms with van der Waals surface area (Å²) in [4.78, 5) is 0. The van der Waals surface area contributed by atoms with Crippen LogP contribution in [0.5, 0.6) is 0 Å². The molecule has 0 bridgehead atoms. The molecule has 0 saturated carbocycles. The van der Waals surface area contributed by atoms with Crippen LogP contribution in [0.25, 0.3) is 0 Å². The Bertz CT molecular complexity index is 140. The Kier molecular flexibility index (Phi) is 6.80. The van der Waals surface area contributed by atoms with Gasteiger partial charge in [0, 0.05) is 18.0 Å². The van der Waals surface area contributed by atoms with Crippen molar-refractivity contribution in [1.82, 2.24) is 5.32 Å². The zero-order valence-electron chi connectivity index (χ0n) is 10.4. The summed E-state index contributed by atoms with van der Waals surface area (Å²) in [5, 5.41) is 3.73. The lowest BCUT2D eigenvalue weighted by Gasteiger charge is -2.23. The number of alkyl halides is 1. The molecule has 14 heavy (non-hydrogen) atoms. The van der Waals surface area contributed by atoms with Crippen molar-refractivity contribution in [3.8, 4) is 0 Å². The minimum absolute atomic E-state index is 0.259. The highest BCUT2D eigenvalue weighted by molar-refractivity contribution is 6.20. The molecule has 0 aliphatic rings.